The molecule has 0 aromatic heterocycles. The van der Waals surface area contributed by atoms with Gasteiger partial charge in [-0.1, -0.05) is 0 Å². The van der Waals surface area contributed by atoms with Gasteiger partial charge in [0, 0.05) is 0 Å². The zero-order valence-corrected chi connectivity index (χ0v) is 39.8. The molecule has 0 aromatic rings. The molecule has 0 atom stereocenters. The fourth-order valence-corrected chi connectivity index (χ4v) is 6.69. The molecule has 0 N–H and O–H groups in total. The van der Waals surface area contributed by atoms with Gasteiger partial charge in [-0.3, -0.25) is 0 Å². The molecule has 0 radical (unpaired) electrons. The van der Waals surface area contributed by atoms with Gasteiger partial charge in [0.25, 0.3) is 0 Å². The summed E-state index contributed by atoms with van der Waals surface area (Å²) in [5, 5.41) is 4.49. The topological polar surface area (TPSA) is 46.1 Å². The first-order chi connectivity index (χ1) is 19.7. The van der Waals surface area contributed by atoms with Gasteiger partial charge in [-0.05, 0) is 0 Å². The summed E-state index contributed by atoms with van der Waals surface area (Å²) in [5.41, 5.74) is -3.72. The molecule has 0 unspecified atom stereocenters. The molecule has 236 valence electrons. The summed E-state index contributed by atoms with van der Waals surface area (Å²) in [4.78, 5) is 18.6. The predicted octanol–water partition coefficient (Wildman–Crippen LogP) is 11.9. The molecule has 0 aliphatic heterocycles. The summed E-state index contributed by atoms with van der Waals surface area (Å²) < 4.78 is 0. The van der Waals surface area contributed by atoms with Gasteiger partial charge < -0.3 is 27.7 Å². The second-order valence-electron chi connectivity index (χ2n) is 11.5. The summed E-state index contributed by atoms with van der Waals surface area (Å²) in [6.45, 7) is 6.85. The van der Waals surface area contributed by atoms with Gasteiger partial charge in [-0.15, -0.1) is 0 Å². The van der Waals surface area contributed by atoms with E-state index in [2.05, 4.69) is 44.8 Å². The summed E-state index contributed by atoms with van der Waals surface area (Å²) in [6, 6.07) is 0. The molecular formula is C33H69O2PS2Zn3. The van der Waals surface area contributed by atoms with Gasteiger partial charge >= 0.3 is 264 Å². The van der Waals surface area contributed by atoms with E-state index < -0.39 is 5.69 Å². The maximum atomic E-state index is 9.29. The van der Waals surface area contributed by atoms with E-state index in [4.69, 9.17) is 0 Å². The Balaban J connectivity index is -0.000000231. The fourth-order valence-electron chi connectivity index (χ4n) is 4.46. The second kappa shape index (κ2) is 49.7. The van der Waals surface area contributed by atoms with E-state index in [1.807, 2.05) is 0 Å². The van der Waals surface area contributed by atoms with Crippen molar-refractivity contribution in [3.05, 3.63) is 0 Å². The van der Waals surface area contributed by atoms with Crippen molar-refractivity contribution < 1.29 is 64.7 Å². The monoisotopic (exact) mass is 784 g/mol. The summed E-state index contributed by atoms with van der Waals surface area (Å²) in [6.07, 6.45) is 39.7. The Morgan fingerprint density at radius 1 is 0.390 bits per heavy atom. The zero-order valence-electron chi connectivity index (χ0n) is 28.4. The van der Waals surface area contributed by atoms with Crippen molar-refractivity contribution in [2.45, 2.75) is 209 Å². The maximum Gasteiger partial charge on any atom is -0.160 e. The van der Waals surface area contributed by atoms with E-state index in [-0.39, 0.29) is 0 Å². The van der Waals surface area contributed by atoms with Gasteiger partial charge in [-0.25, -0.2) is 0 Å². The van der Waals surface area contributed by atoms with Crippen LogP contribution < -0.4 is 9.79 Å². The minimum atomic E-state index is -3.72. The zero-order chi connectivity index (χ0) is 31.7. The van der Waals surface area contributed by atoms with E-state index >= 15 is 0 Å². The molecule has 8 heteroatoms. The third kappa shape index (κ3) is 80.2. The summed E-state index contributed by atoms with van der Waals surface area (Å²) in [7, 11) is 0. The quantitative estimate of drug-likeness (QED) is 0.0360. The Labute approximate surface area is 301 Å². The number of hydrogen-bond acceptors (Lipinski definition) is 4. The molecule has 0 amide bonds. The first kappa shape index (κ1) is 50.6. The van der Waals surface area contributed by atoms with Crippen molar-refractivity contribution in [1.29, 1.82) is 0 Å². The molecular weight excluding hydrogens is 720 g/mol. The van der Waals surface area contributed by atoms with Crippen molar-refractivity contribution in [1.82, 2.24) is 0 Å². The third-order valence-corrected chi connectivity index (χ3v) is 10.2. The smallest absolute Gasteiger partial charge is 0.160 e. The molecule has 0 spiro atoms. The Bertz CT molecular complexity index is 372. The normalized spacial score (nSPS) is 10.7. The summed E-state index contributed by atoms with van der Waals surface area (Å²) in [5.74, 6) is 0. The van der Waals surface area contributed by atoms with E-state index in [0.717, 1.165) is 0 Å². The van der Waals surface area contributed by atoms with E-state index in [1.54, 1.807) is 0 Å². The second-order valence-corrected chi connectivity index (χ2v) is 20.4. The summed E-state index contributed by atoms with van der Waals surface area (Å²) >= 11 is 11.8. The first-order valence-electron chi connectivity index (χ1n) is 17.9. The van der Waals surface area contributed by atoms with Crippen LogP contribution in [0, 0.1) is 0 Å². The fraction of sp³-hybridized carbons (Fsp3) is 1.00. The van der Waals surface area contributed by atoms with Crippen molar-refractivity contribution in [2.75, 3.05) is 0 Å². The van der Waals surface area contributed by atoms with Crippen molar-refractivity contribution in [2.24, 2.45) is 0 Å². The van der Waals surface area contributed by atoms with Crippen molar-refractivity contribution in [3.8, 4) is 0 Å². The van der Waals surface area contributed by atoms with Gasteiger partial charge in [0.15, 0.2) is 0 Å². The molecule has 0 fully saturated rings. The van der Waals surface area contributed by atoms with Gasteiger partial charge in [0.05, 0.1) is 0 Å². The molecule has 0 rings (SSSR count). The van der Waals surface area contributed by atoms with E-state index in [1.165, 1.54) is 243 Å². The van der Waals surface area contributed by atoms with E-state index in [9.17, 15) is 9.79 Å². The molecule has 0 saturated heterocycles. The van der Waals surface area contributed by atoms with Crippen LogP contribution in [0.5, 0.6) is 0 Å². The molecule has 0 aromatic carbocycles. The Morgan fingerprint density at radius 3 is 0.634 bits per heavy atom. The van der Waals surface area contributed by atoms with Crippen LogP contribution in [0.3, 0.4) is 0 Å². The average molecular weight is 789 g/mol. The minimum Gasteiger partial charge on any atom is -0.850 e. The molecule has 2 nitrogen and oxygen atoms in total. The van der Waals surface area contributed by atoms with Gasteiger partial charge in [0.1, 0.15) is 0 Å². The van der Waals surface area contributed by atoms with Crippen LogP contribution >= 0.6 is 5.69 Å². The molecule has 0 saturated carbocycles. The van der Waals surface area contributed by atoms with Gasteiger partial charge in [0.2, 0.25) is 0 Å². The van der Waals surface area contributed by atoms with Crippen LogP contribution in [0.4, 0.5) is 0 Å². The van der Waals surface area contributed by atoms with Crippen molar-refractivity contribution >= 4 is 29.7 Å². The van der Waals surface area contributed by atoms with Crippen LogP contribution in [-0.2, 0) is 79.0 Å². The first-order valence-corrected chi connectivity index (χ1v) is 27.8. The van der Waals surface area contributed by atoms with Crippen LogP contribution in [0.1, 0.15) is 194 Å². The molecule has 0 heterocycles. The number of unbranched alkanes of at least 4 members (excludes halogenated alkanes) is 24. The van der Waals surface area contributed by atoms with Gasteiger partial charge in [-0.2, -0.15) is 11.8 Å². The Morgan fingerprint density at radius 2 is 0.512 bits per heavy atom. The largest absolute Gasteiger partial charge is 0.850 e. The minimum absolute atomic E-state index is 1.38. The molecule has 0 bridgehead atoms. The average Bonchev–Trinajstić information content (AvgIpc) is 2.93. The van der Waals surface area contributed by atoms with Crippen LogP contribution in [0.15, 0.2) is 0 Å². The van der Waals surface area contributed by atoms with Crippen molar-refractivity contribution in [3.63, 3.8) is 0 Å². The molecule has 41 heavy (non-hydrogen) atoms. The number of hydrogen-bond donors (Lipinski definition) is 0. The number of rotatable bonds is 27. The maximum absolute atomic E-state index is 9.29. The Hall–Kier alpha value is 2.79. The predicted molar refractivity (Wildman–Crippen MR) is 178 cm³/mol. The van der Waals surface area contributed by atoms with Crippen LogP contribution in [-0.4, -0.2) is 0 Å². The standard InChI is InChI=1S/3C11H23.H3O2PS2.3Zn/c3*1-3-5-7-9-11-10-8-6-4-2;1-3(2,4)5;;;/h3*1,3-11H2,2H3;(H3,1,2,4,5);;;/q;;;;3*+1/p-3. The Kier molecular flexibility index (Phi) is 61.3. The SMILES string of the molecule is CCCCCCCCCC[CH2][Zn+].CCCCCCCCCC[CH2][Zn+].CCCCCCCCCC[CH2][Zn+].[O-]P([O-])(=S)[S-]. The third-order valence-electron chi connectivity index (χ3n) is 7.06. The van der Waals surface area contributed by atoms with Crippen LogP contribution in [0.2, 0.25) is 15.0 Å². The van der Waals surface area contributed by atoms with Crippen LogP contribution in [0.25, 0.3) is 0 Å². The molecule has 0 aliphatic carbocycles. The molecule has 0 aliphatic rings. The van der Waals surface area contributed by atoms with E-state index in [0.29, 0.717) is 0 Å².